The van der Waals surface area contributed by atoms with Crippen molar-refractivity contribution in [2.75, 3.05) is 18.4 Å². The number of anilines is 1. The molecule has 2 heterocycles. The van der Waals surface area contributed by atoms with Gasteiger partial charge in [-0.25, -0.2) is 0 Å². The zero-order valence-electron chi connectivity index (χ0n) is 11.6. The molecule has 1 saturated heterocycles. The molecule has 3 rings (SSSR count). The number of nitrogens with one attached hydrogen (secondary N) is 2. The maximum absolute atomic E-state index is 12.0. The predicted molar refractivity (Wildman–Crippen MR) is 73.9 cm³/mol. The van der Waals surface area contributed by atoms with Crippen LogP contribution in [0.2, 0.25) is 0 Å². The Hall–Kier alpha value is -1.36. The molecule has 1 aromatic heterocycles. The summed E-state index contributed by atoms with van der Waals surface area (Å²) in [5.74, 6) is 0.296. The molecule has 2 fully saturated rings. The van der Waals surface area contributed by atoms with Gasteiger partial charge in [-0.15, -0.1) is 0 Å². The summed E-state index contributed by atoms with van der Waals surface area (Å²) in [7, 11) is 0. The maximum Gasteiger partial charge on any atom is 0.228 e. The quantitative estimate of drug-likeness (QED) is 0.873. The van der Waals surface area contributed by atoms with E-state index in [-0.39, 0.29) is 17.2 Å². The summed E-state index contributed by atoms with van der Waals surface area (Å²) in [5.41, 5.74) is 1.00. The van der Waals surface area contributed by atoms with E-state index in [0.29, 0.717) is 6.04 Å². The number of rotatable bonds is 3. The van der Waals surface area contributed by atoms with E-state index in [1.54, 1.807) is 6.20 Å². The van der Waals surface area contributed by atoms with Crippen LogP contribution in [0.5, 0.6) is 0 Å². The lowest BCUT2D eigenvalue weighted by Gasteiger charge is -2.22. The summed E-state index contributed by atoms with van der Waals surface area (Å²) in [5, 5.41) is 10.7. The first-order valence-corrected chi connectivity index (χ1v) is 7.12. The van der Waals surface area contributed by atoms with Crippen molar-refractivity contribution in [1.82, 2.24) is 15.1 Å². The van der Waals surface area contributed by atoms with Gasteiger partial charge in [0.25, 0.3) is 0 Å². The summed E-state index contributed by atoms with van der Waals surface area (Å²) in [4.78, 5) is 12.0. The average molecular weight is 262 g/mol. The highest BCUT2D eigenvalue weighted by atomic mass is 16.2. The van der Waals surface area contributed by atoms with E-state index < -0.39 is 0 Å². The molecule has 1 aliphatic carbocycles. The second-order valence-electron chi connectivity index (χ2n) is 6.42. The summed E-state index contributed by atoms with van der Waals surface area (Å²) >= 11 is 0. The third-order valence-corrected chi connectivity index (χ3v) is 4.38. The molecule has 2 N–H and O–H groups in total. The average Bonchev–Trinajstić information content (AvgIpc) is 2.84. The molecule has 5 heteroatoms. The minimum atomic E-state index is 0.134. The molecule has 1 amide bonds. The molecule has 1 saturated carbocycles. The Kier molecular flexibility index (Phi) is 3.09. The lowest BCUT2D eigenvalue weighted by Crippen LogP contribution is -2.29. The Morgan fingerprint density at radius 1 is 1.47 bits per heavy atom. The molecule has 1 aromatic rings. The summed E-state index contributed by atoms with van der Waals surface area (Å²) in [6.45, 7) is 6.36. The molecule has 1 atom stereocenters. The number of hydrogen-bond acceptors (Lipinski definition) is 3. The third-order valence-electron chi connectivity index (χ3n) is 4.38. The lowest BCUT2D eigenvalue weighted by molar-refractivity contribution is -0.118. The monoisotopic (exact) mass is 262 g/mol. The van der Waals surface area contributed by atoms with Crippen molar-refractivity contribution in [1.29, 1.82) is 0 Å². The zero-order chi connectivity index (χ0) is 13.5. The third kappa shape index (κ3) is 2.66. The molecular weight excluding hydrogens is 240 g/mol. The van der Waals surface area contributed by atoms with Gasteiger partial charge in [0.15, 0.2) is 0 Å². The summed E-state index contributed by atoms with van der Waals surface area (Å²) in [6, 6.07) is 0.462. The number of piperidine rings is 1. The normalized spacial score (nSPS) is 26.1. The first-order valence-electron chi connectivity index (χ1n) is 7.12. The van der Waals surface area contributed by atoms with Crippen molar-refractivity contribution in [2.45, 2.75) is 39.2 Å². The van der Waals surface area contributed by atoms with E-state index in [9.17, 15) is 4.79 Å². The van der Waals surface area contributed by atoms with Gasteiger partial charge in [-0.2, -0.15) is 5.10 Å². The Morgan fingerprint density at radius 3 is 2.79 bits per heavy atom. The minimum Gasteiger partial charge on any atom is -0.323 e. The molecule has 5 nitrogen and oxygen atoms in total. The van der Waals surface area contributed by atoms with Gasteiger partial charge < -0.3 is 10.6 Å². The Morgan fingerprint density at radius 2 is 2.16 bits per heavy atom. The molecule has 0 aromatic carbocycles. The van der Waals surface area contributed by atoms with Gasteiger partial charge in [0.05, 0.1) is 17.9 Å². The van der Waals surface area contributed by atoms with Crippen molar-refractivity contribution in [3.05, 3.63) is 12.4 Å². The van der Waals surface area contributed by atoms with Crippen molar-refractivity contribution in [3.63, 3.8) is 0 Å². The fourth-order valence-corrected chi connectivity index (χ4v) is 2.82. The van der Waals surface area contributed by atoms with E-state index in [0.717, 1.165) is 38.0 Å². The topological polar surface area (TPSA) is 59.0 Å². The maximum atomic E-state index is 12.0. The highest BCUT2D eigenvalue weighted by Crippen LogP contribution is 2.51. The van der Waals surface area contributed by atoms with Crippen molar-refractivity contribution in [2.24, 2.45) is 11.3 Å². The van der Waals surface area contributed by atoms with E-state index in [2.05, 4.69) is 29.6 Å². The number of aromatic nitrogens is 2. The van der Waals surface area contributed by atoms with Crippen LogP contribution >= 0.6 is 0 Å². The molecule has 0 spiro atoms. The van der Waals surface area contributed by atoms with Gasteiger partial charge in [0, 0.05) is 12.1 Å². The van der Waals surface area contributed by atoms with E-state index in [1.165, 1.54) is 0 Å². The molecule has 0 radical (unpaired) electrons. The van der Waals surface area contributed by atoms with Gasteiger partial charge >= 0.3 is 0 Å². The largest absolute Gasteiger partial charge is 0.323 e. The first-order chi connectivity index (χ1) is 9.06. The summed E-state index contributed by atoms with van der Waals surface area (Å²) < 4.78 is 1.99. The van der Waals surface area contributed by atoms with Crippen LogP contribution in [-0.4, -0.2) is 28.8 Å². The molecule has 0 bridgehead atoms. The van der Waals surface area contributed by atoms with Gasteiger partial charge in [0.1, 0.15) is 0 Å². The Labute approximate surface area is 113 Å². The molecule has 19 heavy (non-hydrogen) atoms. The fraction of sp³-hybridized carbons (Fsp3) is 0.714. The number of nitrogens with zero attached hydrogens (tertiary/aromatic N) is 2. The standard InChI is InChI=1S/C14H22N4O/c1-14(2)7-12(14)13(19)17-10-8-16-18(9-10)11-3-5-15-6-4-11/h8-9,11-12,15H,3-7H2,1-2H3,(H,17,19). The number of amides is 1. The lowest BCUT2D eigenvalue weighted by atomic mass is 10.1. The Balaban J connectivity index is 1.60. The van der Waals surface area contributed by atoms with Crippen LogP contribution in [0.25, 0.3) is 0 Å². The minimum absolute atomic E-state index is 0.134. The number of carbonyl (C=O) groups is 1. The molecule has 104 valence electrons. The molecular formula is C14H22N4O. The van der Waals surface area contributed by atoms with Crippen LogP contribution in [0, 0.1) is 11.3 Å². The van der Waals surface area contributed by atoms with E-state index >= 15 is 0 Å². The van der Waals surface area contributed by atoms with Gasteiger partial charge in [-0.05, 0) is 37.8 Å². The Bertz CT molecular complexity index is 474. The molecule has 2 aliphatic rings. The predicted octanol–water partition coefficient (Wildman–Crippen LogP) is 1.79. The fourth-order valence-electron chi connectivity index (χ4n) is 2.82. The SMILES string of the molecule is CC1(C)CC1C(=O)Nc1cnn(C2CCNCC2)c1. The highest BCUT2D eigenvalue weighted by Gasteiger charge is 2.50. The number of carbonyl (C=O) groups excluding carboxylic acids is 1. The summed E-state index contributed by atoms with van der Waals surface area (Å²) in [6.07, 6.45) is 6.91. The number of hydrogen-bond donors (Lipinski definition) is 2. The van der Waals surface area contributed by atoms with Crippen molar-refractivity contribution >= 4 is 11.6 Å². The van der Waals surface area contributed by atoms with Crippen LogP contribution in [0.3, 0.4) is 0 Å². The van der Waals surface area contributed by atoms with E-state index in [1.807, 2.05) is 10.9 Å². The van der Waals surface area contributed by atoms with Crippen LogP contribution in [-0.2, 0) is 4.79 Å². The highest BCUT2D eigenvalue weighted by molar-refractivity contribution is 5.94. The smallest absolute Gasteiger partial charge is 0.228 e. The van der Waals surface area contributed by atoms with Crippen LogP contribution in [0.15, 0.2) is 12.4 Å². The second kappa shape index (κ2) is 4.63. The molecule has 1 unspecified atom stereocenters. The van der Waals surface area contributed by atoms with Crippen LogP contribution < -0.4 is 10.6 Å². The van der Waals surface area contributed by atoms with Crippen molar-refractivity contribution < 1.29 is 4.79 Å². The van der Waals surface area contributed by atoms with Gasteiger partial charge in [-0.1, -0.05) is 13.8 Å². The molecule has 1 aliphatic heterocycles. The van der Waals surface area contributed by atoms with Crippen LogP contribution in [0.1, 0.15) is 39.2 Å². The van der Waals surface area contributed by atoms with Gasteiger partial charge in [-0.3, -0.25) is 9.48 Å². The first kappa shape index (κ1) is 12.7. The second-order valence-corrected chi connectivity index (χ2v) is 6.42. The zero-order valence-corrected chi connectivity index (χ0v) is 11.6. The van der Waals surface area contributed by atoms with Crippen LogP contribution in [0.4, 0.5) is 5.69 Å². The van der Waals surface area contributed by atoms with Gasteiger partial charge in [0.2, 0.25) is 5.91 Å². The van der Waals surface area contributed by atoms with E-state index in [4.69, 9.17) is 0 Å². The van der Waals surface area contributed by atoms with Crippen molar-refractivity contribution in [3.8, 4) is 0 Å².